The monoisotopic (exact) mass is 194 g/mol. The van der Waals surface area contributed by atoms with Crippen molar-refractivity contribution in [2.45, 2.75) is 6.92 Å². The van der Waals surface area contributed by atoms with Gasteiger partial charge in [0.25, 0.3) is 5.89 Å². The van der Waals surface area contributed by atoms with Gasteiger partial charge in [0.15, 0.2) is 11.5 Å². The lowest BCUT2D eigenvalue weighted by Gasteiger charge is -1.89. The highest BCUT2D eigenvalue weighted by Crippen LogP contribution is 2.17. The molecule has 0 amide bonds. The molecule has 2 rings (SSSR count). The summed E-state index contributed by atoms with van der Waals surface area (Å²) in [7, 11) is 0. The van der Waals surface area contributed by atoms with Crippen LogP contribution >= 0.6 is 0 Å². The molecule has 0 fully saturated rings. The molecule has 2 heterocycles. The Balaban J connectivity index is 2.51. The highest BCUT2D eigenvalue weighted by Gasteiger charge is 2.19. The Labute approximate surface area is 77.8 Å². The Morgan fingerprint density at radius 3 is 3.00 bits per heavy atom. The molecule has 0 radical (unpaired) electrons. The van der Waals surface area contributed by atoms with Gasteiger partial charge in [-0.2, -0.15) is 4.98 Å². The van der Waals surface area contributed by atoms with E-state index in [0.29, 0.717) is 5.82 Å². The third-order valence-electron chi connectivity index (χ3n) is 1.58. The number of carboxylic acids is 1. The maximum atomic E-state index is 10.7. The van der Waals surface area contributed by atoms with E-state index >= 15 is 0 Å². The van der Waals surface area contributed by atoms with Crippen LogP contribution in [0.1, 0.15) is 16.3 Å². The number of aromatic carboxylic acids is 1. The summed E-state index contributed by atoms with van der Waals surface area (Å²) in [6, 6.07) is 0. The van der Waals surface area contributed by atoms with Crippen LogP contribution in [-0.2, 0) is 0 Å². The van der Waals surface area contributed by atoms with Gasteiger partial charge in [-0.3, -0.25) is 0 Å². The smallest absolute Gasteiger partial charge is 0.356 e. The van der Waals surface area contributed by atoms with Crippen molar-refractivity contribution in [3.63, 3.8) is 0 Å². The first-order valence-electron chi connectivity index (χ1n) is 3.76. The summed E-state index contributed by atoms with van der Waals surface area (Å²) in [5, 5.41) is 12.3. The zero-order valence-corrected chi connectivity index (χ0v) is 7.18. The highest BCUT2D eigenvalue weighted by molar-refractivity contribution is 5.91. The Hall–Kier alpha value is -2.18. The molecular weight excluding hydrogens is 188 g/mol. The van der Waals surface area contributed by atoms with Gasteiger partial charge in [-0.1, -0.05) is 5.16 Å². The summed E-state index contributed by atoms with van der Waals surface area (Å²) in [6.07, 6.45) is 1.26. The zero-order valence-electron chi connectivity index (χ0n) is 7.18. The number of aromatic nitrogens is 4. The molecule has 2 aromatic rings. The van der Waals surface area contributed by atoms with Crippen molar-refractivity contribution in [2.24, 2.45) is 0 Å². The number of carboxylic acid groups (broad SMARTS) is 1. The van der Waals surface area contributed by atoms with E-state index in [1.165, 1.54) is 6.33 Å². The van der Waals surface area contributed by atoms with Gasteiger partial charge < -0.3 is 14.6 Å². The zero-order chi connectivity index (χ0) is 10.1. The fourth-order valence-corrected chi connectivity index (χ4v) is 1.02. The minimum atomic E-state index is -1.14. The summed E-state index contributed by atoms with van der Waals surface area (Å²) in [5.74, 6) is -0.583. The Morgan fingerprint density at radius 1 is 1.64 bits per heavy atom. The van der Waals surface area contributed by atoms with E-state index in [9.17, 15) is 4.79 Å². The third kappa shape index (κ3) is 1.24. The van der Waals surface area contributed by atoms with E-state index in [-0.39, 0.29) is 17.3 Å². The summed E-state index contributed by atoms with van der Waals surface area (Å²) in [4.78, 5) is 20.8. The maximum absolute atomic E-state index is 10.7. The molecule has 0 unspecified atom stereocenters. The minimum Gasteiger partial charge on any atom is -0.476 e. The average Bonchev–Trinajstić information content (AvgIpc) is 2.70. The van der Waals surface area contributed by atoms with Crippen molar-refractivity contribution in [3.8, 4) is 11.6 Å². The van der Waals surface area contributed by atoms with Gasteiger partial charge in [-0.05, 0) is 6.92 Å². The van der Waals surface area contributed by atoms with Gasteiger partial charge >= 0.3 is 5.97 Å². The molecular formula is C7H6N4O3. The van der Waals surface area contributed by atoms with Crippen LogP contribution in [0.5, 0.6) is 0 Å². The normalized spacial score (nSPS) is 10.4. The minimum absolute atomic E-state index is 0.123. The first-order chi connectivity index (χ1) is 6.68. The molecule has 2 aromatic heterocycles. The van der Waals surface area contributed by atoms with Gasteiger partial charge in [0.2, 0.25) is 0 Å². The molecule has 0 aromatic carbocycles. The van der Waals surface area contributed by atoms with E-state index in [1.807, 2.05) is 0 Å². The Morgan fingerprint density at radius 2 is 2.43 bits per heavy atom. The molecule has 0 aliphatic carbocycles. The van der Waals surface area contributed by atoms with Gasteiger partial charge in [-0.25, -0.2) is 9.78 Å². The van der Waals surface area contributed by atoms with E-state index in [2.05, 4.69) is 20.1 Å². The molecule has 0 bridgehead atoms. The van der Waals surface area contributed by atoms with Crippen LogP contribution in [-0.4, -0.2) is 31.2 Å². The van der Waals surface area contributed by atoms with Gasteiger partial charge in [-0.15, -0.1) is 0 Å². The summed E-state index contributed by atoms with van der Waals surface area (Å²) in [6.45, 7) is 1.64. The lowest BCUT2D eigenvalue weighted by Crippen LogP contribution is -1.99. The number of aryl methyl sites for hydroxylation is 1. The Bertz CT molecular complexity index is 473. The lowest BCUT2D eigenvalue weighted by atomic mass is 10.3. The van der Waals surface area contributed by atoms with E-state index < -0.39 is 5.97 Å². The number of hydrogen-bond donors (Lipinski definition) is 2. The largest absolute Gasteiger partial charge is 0.476 e. The van der Waals surface area contributed by atoms with E-state index in [4.69, 9.17) is 9.63 Å². The predicted octanol–water partition coefficient (Wildman–Crippen LogP) is 0.466. The second kappa shape index (κ2) is 2.95. The molecule has 72 valence electrons. The summed E-state index contributed by atoms with van der Waals surface area (Å²) < 4.78 is 4.80. The van der Waals surface area contributed by atoms with E-state index in [0.717, 1.165) is 0 Å². The molecule has 14 heavy (non-hydrogen) atoms. The molecule has 0 saturated heterocycles. The van der Waals surface area contributed by atoms with Crippen molar-refractivity contribution < 1.29 is 14.4 Å². The van der Waals surface area contributed by atoms with Gasteiger partial charge in [0, 0.05) is 0 Å². The highest BCUT2D eigenvalue weighted by atomic mass is 16.5. The predicted molar refractivity (Wildman–Crippen MR) is 43.6 cm³/mol. The van der Waals surface area contributed by atoms with Gasteiger partial charge in [0.1, 0.15) is 5.69 Å². The lowest BCUT2D eigenvalue weighted by molar-refractivity contribution is 0.0691. The van der Waals surface area contributed by atoms with Crippen LogP contribution in [0.3, 0.4) is 0 Å². The molecule has 0 atom stereocenters. The number of imidazole rings is 1. The van der Waals surface area contributed by atoms with Crippen LogP contribution in [0.4, 0.5) is 0 Å². The van der Waals surface area contributed by atoms with Crippen molar-refractivity contribution in [1.29, 1.82) is 0 Å². The number of nitrogens with one attached hydrogen (secondary N) is 1. The average molecular weight is 194 g/mol. The molecule has 0 aliphatic rings. The second-order valence-electron chi connectivity index (χ2n) is 2.58. The van der Waals surface area contributed by atoms with Crippen molar-refractivity contribution in [3.05, 3.63) is 17.8 Å². The molecule has 2 N–H and O–H groups in total. The van der Waals surface area contributed by atoms with Crippen LogP contribution < -0.4 is 0 Å². The molecule has 0 saturated carbocycles. The van der Waals surface area contributed by atoms with Crippen LogP contribution in [0.25, 0.3) is 11.6 Å². The third-order valence-corrected chi connectivity index (χ3v) is 1.58. The fraction of sp³-hybridized carbons (Fsp3) is 0.143. The molecule has 0 aliphatic heterocycles. The van der Waals surface area contributed by atoms with E-state index in [1.54, 1.807) is 6.92 Å². The molecule has 7 heteroatoms. The van der Waals surface area contributed by atoms with Crippen molar-refractivity contribution in [1.82, 2.24) is 20.1 Å². The van der Waals surface area contributed by atoms with Crippen LogP contribution in [0, 0.1) is 6.92 Å². The van der Waals surface area contributed by atoms with Gasteiger partial charge in [0.05, 0.1) is 6.33 Å². The first kappa shape index (κ1) is 8.42. The maximum Gasteiger partial charge on any atom is 0.356 e. The summed E-state index contributed by atoms with van der Waals surface area (Å²) >= 11 is 0. The molecule has 0 spiro atoms. The number of rotatable bonds is 2. The van der Waals surface area contributed by atoms with Crippen LogP contribution in [0.2, 0.25) is 0 Å². The Kier molecular flexibility index (Phi) is 1.77. The fourth-order valence-electron chi connectivity index (χ4n) is 1.02. The van der Waals surface area contributed by atoms with Crippen molar-refractivity contribution in [2.75, 3.05) is 0 Å². The number of aromatic amines is 1. The quantitative estimate of drug-likeness (QED) is 0.719. The second-order valence-corrected chi connectivity index (χ2v) is 2.58. The summed E-state index contributed by atoms with van der Waals surface area (Å²) in [5.41, 5.74) is 0.0896. The van der Waals surface area contributed by atoms with Crippen molar-refractivity contribution >= 4 is 5.97 Å². The number of nitrogens with zero attached hydrogens (tertiary/aromatic N) is 3. The first-order valence-corrected chi connectivity index (χ1v) is 3.76. The SMILES string of the molecule is Cc1noc(-c2[nH]cnc2C(=O)O)n1. The number of carbonyl (C=O) groups is 1. The molecule has 7 nitrogen and oxygen atoms in total. The number of H-pyrrole nitrogens is 1. The standard InChI is InChI=1S/C7H6N4O3/c1-3-10-6(14-11-3)4-5(7(12)13)9-2-8-4/h2H,1H3,(H,8,9)(H,12,13). The number of hydrogen-bond acceptors (Lipinski definition) is 5. The topological polar surface area (TPSA) is 105 Å². The van der Waals surface area contributed by atoms with Crippen LogP contribution in [0.15, 0.2) is 10.9 Å².